The van der Waals surface area contributed by atoms with Crippen LogP contribution in [0.3, 0.4) is 0 Å². The van der Waals surface area contributed by atoms with Crippen LogP contribution >= 0.6 is 12.4 Å². The maximum Gasteiger partial charge on any atom is 0.308 e. The molecule has 0 saturated carbocycles. The maximum atomic E-state index is 11.2. The van der Waals surface area contributed by atoms with Crippen molar-refractivity contribution in [2.24, 2.45) is 0 Å². The summed E-state index contributed by atoms with van der Waals surface area (Å²) in [6.45, 7) is 4.86. The van der Waals surface area contributed by atoms with Crippen molar-refractivity contribution in [2.45, 2.75) is 37.7 Å². The molecule has 0 saturated heterocycles. The van der Waals surface area contributed by atoms with Gasteiger partial charge >= 0.3 is 5.97 Å². The number of halogens is 1. The van der Waals surface area contributed by atoms with Crippen molar-refractivity contribution in [3.05, 3.63) is 17.7 Å². The summed E-state index contributed by atoms with van der Waals surface area (Å²) in [5.41, 5.74) is 0.0612. The van der Waals surface area contributed by atoms with Crippen molar-refractivity contribution in [1.82, 2.24) is 0 Å². The molecule has 1 aromatic rings. The van der Waals surface area contributed by atoms with E-state index in [9.17, 15) is 13.2 Å². The average molecular weight is 323 g/mol. The highest BCUT2D eigenvalue weighted by atomic mass is 35.5. The first-order valence-electron chi connectivity index (χ1n) is 5.60. The number of fused-ring (bicyclic) bond motifs is 1. The van der Waals surface area contributed by atoms with Crippen molar-refractivity contribution in [3.8, 4) is 11.5 Å². The second-order valence-corrected chi connectivity index (χ2v) is 6.44. The topological polar surface area (TPSA) is 89.9 Å². The van der Waals surface area contributed by atoms with Gasteiger partial charge in [-0.05, 0) is 19.9 Å². The molecule has 0 amide bonds. The number of benzene rings is 1. The second-order valence-electron chi connectivity index (χ2n) is 5.02. The Labute approximate surface area is 123 Å². The summed E-state index contributed by atoms with van der Waals surface area (Å²) in [5, 5.41) is 0. The maximum absolute atomic E-state index is 11.2. The predicted octanol–water partition coefficient (Wildman–Crippen LogP) is 1.99. The van der Waals surface area contributed by atoms with Gasteiger partial charge in [0.15, 0.2) is 11.5 Å². The van der Waals surface area contributed by atoms with Crippen LogP contribution in [0.15, 0.2) is 17.0 Å². The Morgan fingerprint density at radius 2 is 2.00 bits per heavy atom. The van der Waals surface area contributed by atoms with E-state index in [-0.39, 0.29) is 23.1 Å². The van der Waals surface area contributed by atoms with Crippen LogP contribution in [0.1, 0.15) is 26.3 Å². The lowest BCUT2D eigenvalue weighted by atomic mass is 10.0. The molecule has 2 rings (SSSR count). The van der Waals surface area contributed by atoms with Gasteiger partial charge in [-0.3, -0.25) is 9.35 Å². The molecule has 0 unspecified atom stereocenters. The monoisotopic (exact) mass is 322 g/mol. The molecule has 0 aliphatic carbocycles. The largest absolute Gasteiger partial charge is 0.483 e. The summed E-state index contributed by atoms with van der Waals surface area (Å²) in [7, 11) is -4.37. The van der Waals surface area contributed by atoms with E-state index < -0.39 is 21.7 Å². The lowest BCUT2D eigenvalue weighted by Gasteiger charge is -2.17. The van der Waals surface area contributed by atoms with Gasteiger partial charge in [-0.15, -0.1) is 12.4 Å². The van der Waals surface area contributed by atoms with E-state index in [2.05, 4.69) is 0 Å². The quantitative estimate of drug-likeness (QED) is 0.509. The predicted molar refractivity (Wildman–Crippen MR) is 73.2 cm³/mol. The van der Waals surface area contributed by atoms with Gasteiger partial charge in [0.1, 0.15) is 5.60 Å². The molecule has 8 heteroatoms. The summed E-state index contributed by atoms with van der Waals surface area (Å²) in [6.07, 6.45) is 0.458. The number of esters is 1. The van der Waals surface area contributed by atoms with Crippen molar-refractivity contribution in [2.75, 3.05) is 0 Å². The van der Waals surface area contributed by atoms with Crippen molar-refractivity contribution in [3.63, 3.8) is 0 Å². The molecule has 1 aromatic carbocycles. The minimum absolute atomic E-state index is 0. The molecule has 1 aliphatic heterocycles. The smallest absolute Gasteiger partial charge is 0.308 e. The molecule has 0 radical (unpaired) electrons. The SMILES string of the molecule is CC(=O)Oc1cc(S(=O)(=O)O)cc2c1OC(C)(C)C2.Cl. The van der Waals surface area contributed by atoms with Gasteiger partial charge in [-0.25, -0.2) is 0 Å². The number of hydrogen-bond acceptors (Lipinski definition) is 5. The third-order valence-corrected chi connectivity index (χ3v) is 3.48. The fraction of sp³-hybridized carbons (Fsp3) is 0.417. The Bertz CT molecular complexity index is 650. The van der Waals surface area contributed by atoms with Crippen LogP contribution in [-0.4, -0.2) is 24.5 Å². The minimum Gasteiger partial charge on any atom is -0.483 e. The van der Waals surface area contributed by atoms with Gasteiger partial charge in [-0.1, -0.05) is 0 Å². The van der Waals surface area contributed by atoms with E-state index in [0.717, 1.165) is 6.07 Å². The lowest BCUT2D eigenvalue weighted by Crippen LogP contribution is -2.24. The summed E-state index contributed by atoms with van der Waals surface area (Å²) in [6, 6.07) is 2.41. The molecule has 112 valence electrons. The van der Waals surface area contributed by atoms with Crippen molar-refractivity contribution in [1.29, 1.82) is 0 Å². The Balaban J connectivity index is 0.00000200. The summed E-state index contributed by atoms with van der Waals surface area (Å²) < 4.78 is 42.1. The van der Waals surface area contributed by atoms with Crippen molar-refractivity contribution < 1.29 is 27.2 Å². The van der Waals surface area contributed by atoms with E-state index in [0.29, 0.717) is 17.7 Å². The second kappa shape index (κ2) is 5.23. The molecule has 6 nitrogen and oxygen atoms in total. The molecule has 0 bridgehead atoms. The first-order chi connectivity index (χ1) is 8.58. The lowest BCUT2D eigenvalue weighted by molar-refractivity contribution is -0.132. The molecule has 0 fully saturated rings. The Kier molecular flexibility index (Phi) is 4.38. The molecule has 1 heterocycles. The van der Waals surface area contributed by atoms with E-state index in [4.69, 9.17) is 14.0 Å². The summed E-state index contributed by atoms with van der Waals surface area (Å²) in [4.78, 5) is 10.7. The first kappa shape index (κ1) is 16.7. The average Bonchev–Trinajstić information content (AvgIpc) is 2.50. The van der Waals surface area contributed by atoms with E-state index >= 15 is 0 Å². The highest BCUT2D eigenvalue weighted by molar-refractivity contribution is 7.85. The van der Waals surface area contributed by atoms with Gasteiger partial charge in [0.25, 0.3) is 10.1 Å². The Morgan fingerprint density at radius 3 is 2.50 bits per heavy atom. The summed E-state index contributed by atoms with van der Waals surface area (Å²) >= 11 is 0. The number of ether oxygens (including phenoxy) is 2. The number of carbonyl (C=O) groups is 1. The zero-order valence-corrected chi connectivity index (χ0v) is 12.8. The van der Waals surface area contributed by atoms with E-state index in [1.165, 1.54) is 13.0 Å². The molecular formula is C12H15ClO6S. The van der Waals surface area contributed by atoms with Crippen LogP contribution in [0, 0.1) is 0 Å². The van der Waals surface area contributed by atoms with Gasteiger partial charge in [0.05, 0.1) is 4.90 Å². The van der Waals surface area contributed by atoms with Crippen LogP contribution in [0.4, 0.5) is 0 Å². The zero-order chi connectivity index (χ0) is 14.4. The molecule has 0 spiro atoms. The highest BCUT2D eigenvalue weighted by Crippen LogP contribution is 2.43. The summed E-state index contributed by atoms with van der Waals surface area (Å²) in [5.74, 6) is -0.251. The molecule has 1 N–H and O–H groups in total. The third-order valence-electron chi connectivity index (χ3n) is 2.65. The Hall–Kier alpha value is -1.31. The van der Waals surface area contributed by atoms with Gasteiger partial charge in [-0.2, -0.15) is 8.42 Å². The number of carbonyl (C=O) groups excluding carboxylic acids is 1. The molecule has 20 heavy (non-hydrogen) atoms. The van der Waals surface area contributed by atoms with Gasteiger partial charge < -0.3 is 9.47 Å². The fourth-order valence-corrected chi connectivity index (χ4v) is 2.58. The molecule has 0 aromatic heterocycles. The van der Waals surface area contributed by atoms with Crippen molar-refractivity contribution >= 4 is 28.5 Å². The highest BCUT2D eigenvalue weighted by Gasteiger charge is 2.34. The van der Waals surface area contributed by atoms with E-state index in [1.54, 1.807) is 0 Å². The van der Waals surface area contributed by atoms with E-state index in [1.807, 2.05) is 13.8 Å². The fourth-order valence-electron chi connectivity index (χ4n) is 2.03. The number of hydrogen-bond donors (Lipinski definition) is 1. The van der Waals surface area contributed by atoms with Crippen LogP contribution in [0.25, 0.3) is 0 Å². The zero-order valence-electron chi connectivity index (χ0n) is 11.2. The van der Waals surface area contributed by atoms with Gasteiger partial charge in [0, 0.05) is 25.0 Å². The molecule has 0 atom stereocenters. The standard InChI is InChI=1S/C12H14O6S.ClH/c1-7(13)17-10-5-9(19(14,15)16)4-8-6-12(2,3)18-11(8)10;/h4-5H,6H2,1-3H3,(H,14,15,16);1H. The third kappa shape index (κ3) is 3.41. The Morgan fingerprint density at radius 1 is 1.40 bits per heavy atom. The van der Waals surface area contributed by atoms with Crippen LogP contribution in [-0.2, 0) is 21.3 Å². The first-order valence-corrected chi connectivity index (χ1v) is 7.04. The minimum atomic E-state index is -4.37. The van der Waals surface area contributed by atoms with Crippen LogP contribution in [0.2, 0.25) is 0 Å². The molecular weight excluding hydrogens is 308 g/mol. The normalized spacial score (nSPS) is 15.8. The number of rotatable bonds is 2. The van der Waals surface area contributed by atoms with Gasteiger partial charge in [0.2, 0.25) is 0 Å². The van der Waals surface area contributed by atoms with Crippen LogP contribution < -0.4 is 9.47 Å². The molecule has 1 aliphatic rings. The van der Waals surface area contributed by atoms with Crippen LogP contribution in [0.5, 0.6) is 11.5 Å².